The molecule has 0 radical (unpaired) electrons. The first-order valence-electron chi connectivity index (χ1n) is 3.68. The number of phenols is 1. The molecule has 0 aliphatic carbocycles. The van der Waals surface area contributed by atoms with Crippen LogP contribution in [0.5, 0.6) is 5.75 Å². The lowest BCUT2D eigenvalue weighted by Crippen LogP contribution is -2.18. The summed E-state index contributed by atoms with van der Waals surface area (Å²) in [5.74, 6) is 0.234. The highest BCUT2D eigenvalue weighted by molar-refractivity contribution is 5.61. The minimum absolute atomic E-state index is 0.234. The van der Waals surface area contributed by atoms with Gasteiger partial charge in [-0.25, -0.2) is 0 Å². The van der Waals surface area contributed by atoms with E-state index in [1.54, 1.807) is 29.2 Å². The largest absolute Gasteiger partial charge is 0.508 e. The van der Waals surface area contributed by atoms with Crippen LogP contribution in [0, 0.1) is 0 Å². The fourth-order valence-electron chi connectivity index (χ4n) is 0.924. The number of carbonyl (C=O) groups excluding carboxylic acids is 1. The molecule has 12 heavy (non-hydrogen) atoms. The first-order chi connectivity index (χ1) is 5.74. The maximum atomic E-state index is 10.2. The molecule has 3 nitrogen and oxygen atoms in total. The summed E-state index contributed by atoms with van der Waals surface area (Å²) in [4.78, 5) is 12.0. The normalized spacial score (nSPS) is 9.42. The molecule has 0 spiro atoms. The molecule has 0 aliphatic rings. The number of carbonyl (C=O) groups is 1. The molecule has 1 aromatic rings. The van der Waals surface area contributed by atoms with E-state index in [0.717, 1.165) is 12.0 Å². The number of hydrogen-bond acceptors (Lipinski definition) is 3. The molecular formula is C9H11NO2. The fraction of sp³-hybridized carbons (Fsp3) is 0.222. The molecule has 0 amide bonds. The highest BCUT2D eigenvalue weighted by Gasteiger charge is 1.97. The highest BCUT2D eigenvalue weighted by Crippen LogP contribution is 2.16. The molecule has 0 bridgehead atoms. The van der Waals surface area contributed by atoms with Gasteiger partial charge >= 0.3 is 0 Å². The van der Waals surface area contributed by atoms with E-state index in [9.17, 15) is 4.79 Å². The predicted octanol–water partition coefficient (Wildman–Crippen LogP) is 1.03. The molecular weight excluding hydrogens is 154 g/mol. The van der Waals surface area contributed by atoms with Crippen molar-refractivity contribution in [2.24, 2.45) is 0 Å². The number of aromatic hydroxyl groups is 1. The van der Waals surface area contributed by atoms with Crippen LogP contribution < -0.4 is 4.90 Å². The van der Waals surface area contributed by atoms with Gasteiger partial charge < -0.3 is 14.8 Å². The van der Waals surface area contributed by atoms with E-state index < -0.39 is 0 Å². The molecule has 1 rings (SSSR count). The summed E-state index contributed by atoms with van der Waals surface area (Å²) in [6, 6.07) is 6.71. The van der Waals surface area contributed by atoms with E-state index in [0.29, 0.717) is 6.54 Å². The van der Waals surface area contributed by atoms with E-state index >= 15 is 0 Å². The van der Waals surface area contributed by atoms with Crippen molar-refractivity contribution in [3.63, 3.8) is 0 Å². The van der Waals surface area contributed by atoms with E-state index in [4.69, 9.17) is 5.11 Å². The molecule has 1 N–H and O–H groups in total. The van der Waals surface area contributed by atoms with Crippen LogP contribution in [0.2, 0.25) is 0 Å². The summed E-state index contributed by atoms with van der Waals surface area (Å²) >= 11 is 0. The van der Waals surface area contributed by atoms with Crippen molar-refractivity contribution in [2.75, 3.05) is 18.5 Å². The zero-order valence-electron chi connectivity index (χ0n) is 6.90. The average Bonchev–Trinajstić information content (AvgIpc) is 2.06. The number of benzene rings is 1. The molecule has 0 saturated heterocycles. The van der Waals surface area contributed by atoms with Gasteiger partial charge in [-0.1, -0.05) is 0 Å². The number of aldehydes is 1. The number of anilines is 1. The van der Waals surface area contributed by atoms with Crippen LogP contribution in [-0.2, 0) is 4.79 Å². The number of phenolic OH excluding ortho intramolecular Hbond substituents is 1. The van der Waals surface area contributed by atoms with Gasteiger partial charge in [0.15, 0.2) is 0 Å². The summed E-state index contributed by atoms with van der Waals surface area (Å²) in [6.07, 6.45) is 0.840. The molecule has 64 valence electrons. The minimum Gasteiger partial charge on any atom is -0.508 e. The van der Waals surface area contributed by atoms with Gasteiger partial charge in [0.05, 0.1) is 6.54 Å². The van der Waals surface area contributed by atoms with Crippen LogP contribution in [-0.4, -0.2) is 25.0 Å². The van der Waals surface area contributed by atoms with Gasteiger partial charge in [-0.2, -0.15) is 0 Å². The summed E-state index contributed by atoms with van der Waals surface area (Å²) < 4.78 is 0. The Morgan fingerprint density at radius 1 is 1.42 bits per heavy atom. The summed E-state index contributed by atoms with van der Waals surface area (Å²) in [6.45, 7) is 0.366. The van der Waals surface area contributed by atoms with Crippen LogP contribution in [0.25, 0.3) is 0 Å². The van der Waals surface area contributed by atoms with Crippen molar-refractivity contribution >= 4 is 12.0 Å². The van der Waals surface area contributed by atoms with E-state index in [2.05, 4.69) is 0 Å². The third kappa shape index (κ3) is 1.99. The molecule has 0 atom stereocenters. The maximum absolute atomic E-state index is 10.2. The number of nitrogens with zero attached hydrogens (tertiary/aromatic N) is 1. The molecule has 0 saturated carbocycles. The van der Waals surface area contributed by atoms with Crippen molar-refractivity contribution in [1.29, 1.82) is 0 Å². The van der Waals surface area contributed by atoms with E-state index in [1.165, 1.54) is 0 Å². The lowest BCUT2D eigenvalue weighted by molar-refractivity contribution is -0.106. The van der Waals surface area contributed by atoms with Crippen molar-refractivity contribution in [2.45, 2.75) is 0 Å². The Morgan fingerprint density at radius 3 is 2.50 bits per heavy atom. The molecule has 0 aromatic heterocycles. The third-order valence-corrected chi connectivity index (χ3v) is 1.64. The predicted molar refractivity (Wildman–Crippen MR) is 47.4 cm³/mol. The zero-order chi connectivity index (χ0) is 8.97. The van der Waals surface area contributed by atoms with Gasteiger partial charge in [-0.05, 0) is 24.3 Å². The zero-order valence-corrected chi connectivity index (χ0v) is 6.90. The van der Waals surface area contributed by atoms with Crippen LogP contribution in [0.4, 0.5) is 5.69 Å². The van der Waals surface area contributed by atoms with E-state index in [-0.39, 0.29) is 5.75 Å². The monoisotopic (exact) mass is 165 g/mol. The average molecular weight is 165 g/mol. The van der Waals surface area contributed by atoms with Gasteiger partial charge in [-0.3, -0.25) is 0 Å². The molecule has 3 heteroatoms. The maximum Gasteiger partial charge on any atom is 0.139 e. The first-order valence-corrected chi connectivity index (χ1v) is 3.68. The summed E-state index contributed by atoms with van der Waals surface area (Å²) in [5, 5.41) is 8.98. The third-order valence-electron chi connectivity index (χ3n) is 1.64. The number of rotatable bonds is 3. The Bertz CT molecular complexity index is 256. The summed E-state index contributed by atoms with van der Waals surface area (Å²) in [5.41, 5.74) is 0.917. The molecule has 0 unspecified atom stereocenters. The lowest BCUT2D eigenvalue weighted by atomic mass is 10.3. The fourth-order valence-corrected chi connectivity index (χ4v) is 0.924. The van der Waals surface area contributed by atoms with Gasteiger partial charge in [0.25, 0.3) is 0 Å². The standard InChI is InChI=1S/C9H11NO2/c1-10(6-7-11)8-2-4-9(12)5-3-8/h2-5,7,12H,6H2,1H3. The molecule has 0 aliphatic heterocycles. The SMILES string of the molecule is CN(CC=O)c1ccc(O)cc1. The second-order valence-electron chi connectivity index (χ2n) is 2.56. The number of hydrogen-bond donors (Lipinski definition) is 1. The quantitative estimate of drug-likeness (QED) is 0.680. The van der Waals surface area contributed by atoms with Crippen molar-refractivity contribution in [3.8, 4) is 5.75 Å². The Hall–Kier alpha value is -1.51. The van der Waals surface area contributed by atoms with Gasteiger partial charge in [0.1, 0.15) is 12.0 Å². The summed E-state index contributed by atoms with van der Waals surface area (Å²) in [7, 11) is 1.82. The minimum atomic E-state index is 0.234. The smallest absolute Gasteiger partial charge is 0.139 e. The molecule has 0 heterocycles. The topological polar surface area (TPSA) is 40.5 Å². The Morgan fingerprint density at radius 2 is 2.00 bits per heavy atom. The molecule has 0 fully saturated rings. The van der Waals surface area contributed by atoms with Crippen molar-refractivity contribution in [1.82, 2.24) is 0 Å². The van der Waals surface area contributed by atoms with Crippen LogP contribution in [0.3, 0.4) is 0 Å². The van der Waals surface area contributed by atoms with Gasteiger partial charge in [0.2, 0.25) is 0 Å². The molecule has 1 aromatic carbocycles. The van der Waals surface area contributed by atoms with Crippen molar-refractivity contribution in [3.05, 3.63) is 24.3 Å². The van der Waals surface area contributed by atoms with Gasteiger partial charge in [-0.15, -0.1) is 0 Å². The first kappa shape index (κ1) is 8.59. The van der Waals surface area contributed by atoms with Crippen LogP contribution in [0.15, 0.2) is 24.3 Å². The van der Waals surface area contributed by atoms with Crippen LogP contribution in [0.1, 0.15) is 0 Å². The van der Waals surface area contributed by atoms with Crippen molar-refractivity contribution < 1.29 is 9.90 Å². The van der Waals surface area contributed by atoms with Gasteiger partial charge in [0, 0.05) is 12.7 Å². The Balaban J connectivity index is 2.74. The van der Waals surface area contributed by atoms with E-state index in [1.807, 2.05) is 7.05 Å². The van der Waals surface area contributed by atoms with Crippen LogP contribution >= 0.6 is 0 Å². The lowest BCUT2D eigenvalue weighted by Gasteiger charge is -2.15. The Labute approximate surface area is 71.2 Å². The highest BCUT2D eigenvalue weighted by atomic mass is 16.3. The Kier molecular flexibility index (Phi) is 2.69. The second-order valence-corrected chi connectivity index (χ2v) is 2.56. The number of likely N-dealkylation sites (N-methyl/N-ethyl adjacent to an activating group) is 1. The second kappa shape index (κ2) is 3.76.